The van der Waals surface area contributed by atoms with Crippen LogP contribution in [0.5, 0.6) is 0 Å². The molecule has 2 aromatic rings. The second-order valence-electron chi connectivity index (χ2n) is 6.83. The number of hydrogen-bond donors (Lipinski definition) is 1. The topological polar surface area (TPSA) is 61.8 Å². The summed E-state index contributed by atoms with van der Waals surface area (Å²) in [6.07, 6.45) is 1.03. The minimum atomic E-state index is -0.0272. The Labute approximate surface area is 144 Å². The first-order valence-corrected chi connectivity index (χ1v) is 8.17. The molecule has 0 bridgehead atoms. The van der Waals surface area contributed by atoms with Crippen molar-refractivity contribution in [2.75, 3.05) is 0 Å². The summed E-state index contributed by atoms with van der Waals surface area (Å²) in [7, 11) is 1.77. The van der Waals surface area contributed by atoms with Gasteiger partial charge in [-0.15, -0.1) is 0 Å². The van der Waals surface area contributed by atoms with Crippen LogP contribution in [-0.2, 0) is 12.5 Å². The zero-order valence-electron chi connectivity index (χ0n) is 15.3. The number of aliphatic hydroxyl groups is 1. The molecule has 0 fully saturated rings. The summed E-state index contributed by atoms with van der Waals surface area (Å²) in [6.45, 7) is 10.3. The van der Waals surface area contributed by atoms with Gasteiger partial charge in [-0.3, -0.25) is 4.68 Å². The van der Waals surface area contributed by atoms with Gasteiger partial charge in [-0.25, -0.2) is 0 Å². The highest BCUT2D eigenvalue weighted by Crippen LogP contribution is 2.30. The number of aliphatic hydroxyl groups excluding tert-OH is 1. The van der Waals surface area contributed by atoms with Crippen molar-refractivity contribution in [2.24, 2.45) is 7.05 Å². The van der Waals surface area contributed by atoms with E-state index in [2.05, 4.69) is 31.9 Å². The molecule has 0 saturated heterocycles. The van der Waals surface area contributed by atoms with Crippen LogP contribution in [0.3, 0.4) is 0 Å². The van der Waals surface area contributed by atoms with E-state index in [1.807, 2.05) is 38.1 Å². The van der Waals surface area contributed by atoms with Crippen molar-refractivity contribution in [3.8, 4) is 6.07 Å². The molecular formula is C20H25N3O. The Balaban J connectivity index is 2.54. The highest BCUT2D eigenvalue weighted by atomic mass is 16.3. The second kappa shape index (κ2) is 6.52. The van der Waals surface area contributed by atoms with Crippen molar-refractivity contribution in [1.82, 2.24) is 9.78 Å². The molecule has 0 amide bonds. The predicted molar refractivity (Wildman–Crippen MR) is 97.5 cm³/mol. The fourth-order valence-electron chi connectivity index (χ4n) is 2.76. The van der Waals surface area contributed by atoms with Crippen LogP contribution >= 0.6 is 0 Å². The highest BCUT2D eigenvalue weighted by molar-refractivity contribution is 5.94. The van der Waals surface area contributed by atoms with Gasteiger partial charge in [0.05, 0.1) is 5.69 Å². The van der Waals surface area contributed by atoms with E-state index in [-0.39, 0.29) is 16.7 Å². The van der Waals surface area contributed by atoms with Crippen molar-refractivity contribution in [1.29, 1.82) is 5.26 Å². The molecule has 0 radical (unpaired) electrons. The minimum Gasteiger partial charge on any atom is -0.504 e. The van der Waals surface area contributed by atoms with Gasteiger partial charge in [0.1, 0.15) is 17.3 Å². The maximum atomic E-state index is 10.7. The smallest absolute Gasteiger partial charge is 0.159 e. The fourth-order valence-corrected chi connectivity index (χ4v) is 2.76. The monoisotopic (exact) mass is 323 g/mol. The summed E-state index contributed by atoms with van der Waals surface area (Å²) in [4.78, 5) is 0. The van der Waals surface area contributed by atoms with Gasteiger partial charge < -0.3 is 5.11 Å². The van der Waals surface area contributed by atoms with Gasteiger partial charge in [0.25, 0.3) is 0 Å². The third-order valence-corrected chi connectivity index (χ3v) is 4.93. The second-order valence-corrected chi connectivity index (χ2v) is 6.83. The first kappa shape index (κ1) is 17.8. The number of hydrogen-bond acceptors (Lipinski definition) is 3. The molecule has 0 aliphatic heterocycles. The van der Waals surface area contributed by atoms with Crippen LogP contribution in [0.2, 0.25) is 0 Å². The molecular weight excluding hydrogens is 298 g/mol. The van der Waals surface area contributed by atoms with Gasteiger partial charge in [0.15, 0.2) is 5.76 Å². The third kappa shape index (κ3) is 3.07. The molecule has 4 nitrogen and oxygen atoms in total. The van der Waals surface area contributed by atoms with E-state index in [0.29, 0.717) is 11.3 Å². The van der Waals surface area contributed by atoms with Crippen LogP contribution in [0.1, 0.15) is 55.3 Å². The van der Waals surface area contributed by atoms with E-state index < -0.39 is 0 Å². The van der Waals surface area contributed by atoms with Crippen molar-refractivity contribution >= 4 is 11.3 Å². The highest BCUT2D eigenvalue weighted by Gasteiger charge is 2.20. The van der Waals surface area contributed by atoms with E-state index in [1.54, 1.807) is 11.7 Å². The maximum absolute atomic E-state index is 10.7. The lowest BCUT2D eigenvalue weighted by molar-refractivity contribution is 0.502. The van der Waals surface area contributed by atoms with Gasteiger partial charge in [-0.1, -0.05) is 45.0 Å². The van der Waals surface area contributed by atoms with E-state index in [1.165, 1.54) is 5.56 Å². The van der Waals surface area contributed by atoms with Gasteiger partial charge >= 0.3 is 0 Å². The van der Waals surface area contributed by atoms with Crippen molar-refractivity contribution < 1.29 is 5.11 Å². The summed E-state index contributed by atoms with van der Waals surface area (Å²) in [6, 6.07) is 10.0. The van der Waals surface area contributed by atoms with Crippen molar-refractivity contribution in [3.05, 3.63) is 52.3 Å². The number of nitriles is 1. The fraction of sp³-hybridized carbons (Fsp3) is 0.400. The minimum absolute atomic E-state index is 0.0272. The third-order valence-electron chi connectivity index (χ3n) is 4.93. The van der Waals surface area contributed by atoms with Gasteiger partial charge in [-0.2, -0.15) is 10.4 Å². The number of aryl methyl sites for hydroxylation is 2. The summed E-state index contributed by atoms with van der Waals surface area (Å²) >= 11 is 0. The lowest BCUT2D eigenvalue weighted by Gasteiger charge is -2.23. The summed E-state index contributed by atoms with van der Waals surface area (Å²) in [5.41, 5.74) is 4.60. The van der Waals surface area contributed by atoms with E-state index >= 15 is 0 Å². The van der Waals surface area contributed by atoms with E-state index in [4.69, 9.17) is 0 Å². The molecule has 2 rings (SSSR count). The quantitative estimate of drug-likeness (QED) is 0.656. The van der Waals surface area contributed by atoms with Crippen LogP contribution in [0.15, 0.2) is 24.3 Å². The van der Waals surface area contributed by atoms with Crippen LogP contribution in [0.4, 0.5) is 0 Å². The first-order valence-electron chi connectivity index (χ1n) is 8.17. The zero-order chi connectivity index (χ0) is 18.1. The molecule has 0 saturated carbocycles. The molecule has 1 heterocycles. The lowest BCUT2D eigenvalue weighted by Crippen LogP contribution is -2.15. The zero-order valence-corrected chi connectivity index (χ0v) is 15.3. The molecule has 1 N–H and O–H groups in total. The van der Waals surface area contributed by atoms with Crippen LogP contribution in [0.25, 0.3) is 11.3 Å². The van der Waals surface area contributed by atoms with E-state index in [0.717, 1.165) is 17.7 Å². The van der Waals surface area contributed by atoms with Gasteiger partial charge in [-0.05, 0) is 36.8 Å². The molecule has 0 spiro atoms. The molecule has 0 atom stereocenters. The Morgan fingerprint density at radius 3 is 2.25 bits per heavy atom. The Morgan fingerprint density at radius 2 is 1.83 bits per heavy atom. The van der Waals surface area contributed by atoms with Gasteiger partial charge in [0.2, 0.25) is 0 Å². The lowest BCUT2D eigenvalue weighted by atomic mass is 9.82. The number of allylic oxidation sites excluding steroid dienone is 1. The first-order chi connectivity index (χ1) is 11.2. The molecule has 4 heteroatoms. The molecule has 126 valence electrons. The Bertz CT molecular complexity index is 818. The van der Waals surface area contributed by atoms with E-state index in [9.17, 15) is 10.4 Å². The average Bonchev–Trinajstić information content (AvgIpc) is 2.81. The van der Waals surface area contributed by atoms with Crippen LogP contribution in [-0.4, -0.2) is 14.9 Å². The number of rotatable bonds is 4. The Hall–Kier alpha value is -2.54. The summed E-state index contributed by atoms with van der Waals surface area (Å²) in [5.74, 6) is -0.0272. The number of nitrogens with zero attached hydrogens (tertiary/aromatic N) is 3. The molecule has 0 unspecified atom stereocenters. The summed E-state index contributed by atoms with van der Waals surface area (Å²) < 4.78 is 1.62. The largest absolute Gasteiger partial charge is 0.504 e. The molecule has 1 aromatic carbocycles. The van der Waals surface area contributed by atoms with Crippen LogP contribution < -0.4 is 0 Å². The summed E-state index contributed by atoms with van der Waals surface area (Å²) in [5, 5.41) is 24.6. The number of benzene rings is 1. The number of aromatic nitrogens is 2. The Kier molecular flexibility index (Phi) is 4.84. The molecule has 24 heavy (non-hydrogen) atoms. The maximum Gasteiger partial charge on any atom is 0.159 e. The standard InChI is InChI=1S/C20H25N3O/c1-7-20(4,5)16-10-8-15(9-11-16)17(12-21)19(24)18-13(2)14(3)22-23(18)6/h8-11,24H,7H2,1-6H3. The molecule has 0 aliphatic rings. The van der Waals surface area contributed by atoms with Crippen molar-refractivity contribution in [2.45, 2.75) is 46.5 Å². The SMILES string of the molecule is CCC(C)(C)c1ccc(C(C#N)=C(O)c2c(C)c(C)nn2C)cc1. The normalized spacial score (nSPS) is 12.7. The average molecular weight is 323 g/mol. The predicted octanol–water partition coefficient (Wildman–Crippen LogP) is 4.67. The van der Waals surface area contributed by atoms with Crippen molar-refractivity contribution in [3.63, 3.8) is 0 Å². The van der Waals surface area contributed by atoms with Crippen LogP contribution in [0, 0.1) is 25.2 Å². The molecule has 1 aromatic heterocycles. The van der Waals surface area contributed by atoms with Gasteiger partial charge in [0, 0.05) is 12.6 Å². The molecule has 0 aliphatic carbocycles. The Morgan fingerprint density at radius 1 is 1.25 bits per heavy atom.